The zero-order valence-electron chi connectivity index (χ0n) is 27.2. The first kappa shape index (κ1) is 40.3. The lowest BCUT2D eigenvalue weighted by atomic mass is 10.2. The van der Waals surface area contributed by atoms with Crippen molar-refractivity contribution < 1.29 is 29.7 Å². The molecule has 0 atom stereocenters. The Bertz CT molecular complexity index is 1380. The predicted molar refractivity (Wildman–Crippen MR) is 184 cm³/mol. The van der Waals surface area contributed by atoms with E-state index in [1.807, 2.05) is 85.2 Å². The highest BCUT2D eigenvalue weighted by molar-refractivity contribution is 6.26. The van der Waals surface area contributed by atoms with E-state index in [2.05, 4.69) is 29.7 Å². The second-order valence-corrected chi connectivity index (χ2v) is 10.8. The molecule has 0 saturated heterocycles. The van der Waals surface area contributed by atoms with Gasteiger partial charge in [-0.25, -0.2) is 0 Å². The van der Waals surface area contributed by atoms with Crippen LogP contribution in [0.1, 0.15) is 22.8 Å². The van der Waals surface area contributed by atoms with E-state index in [1.165, 1.54) is 4.90 Å². The second-order valence-electron chi connectivity index (χ2n) is 10.5. The van der Waals surface area contributed by atoms with Gasteiger partial charge in [0.25, 0.3) is 0 Å². The zero-order chi connectivity index (χ0) is 35.7. The van der Waals surface area contributed by atoms with Crippen molar-refractivity contribution in [2.75, 3.05) is 45.1 Å². The van der Waals surface area contributed by atoms with E-state index >= 15 is 0 Å². The van der Waals surface area contributed by atoms with Crippen molar-refractivity contribution in [1.29, 1.82) is 0 Å². The lowest BCUT2D eigenvalue weighted by Gasteiger charge is -2.25. The summed E-state index contributed by atoms with van der Waals surface area (Å²) in [5.41, 5.74) is 9.53. The molecule has 14 nitrogen and oxygen atoms in total. The summed E-state index contributed by atoms with van der Waals surface area (Å²) in [7, 11) is 0. The summed E-state index contributed by atoms with van der Waals surface area (Å²) >= 11 is 4.74. The van der Waals surface area contributed by atoms with E-state index in [1.54, 1.807) is 12.4 Å². The molecule has 0 spiro atoms. The molecule has 0 unspecified atom stereocenters. The third-order valence-corrected chi connectivity index (χ3v) is 6.69. The second kappa shape index (κ2) is 24.3. The van der Waals surface area contributed by atoms with Crippen LogP contribution in [0.2, 0.25) is 0 Å². The van der Waals surface area contributed by atoms with Gasteiger partial charge in [-0.3, -0.25) is 49.0 Å². The highest BCUT2D eigenvalue weighted by Crippen LogP contribution is 2.08. The maximum Gasteiger partial charge on any atom is 0.318 e. The monoisotopic (exact) mass is 694 g/mol. The molecule has 0 aromatic carbocycles. The third kappa shape index (κ3) is 19.5. The van der Waals surface area contributed by atoms with Crippen LogP contribution < -0.4 is 5.73 Å². The SMILES string of the molecule is NCCN(Cc1ccccn1)Cc1ccccn1.O=C(O)CCl.O=C(O)CN(CCN(Cc1ccccn1)Cc1ccccn1)CC(=O)O. The molecule has 4 aromatic rings. The smallest absolute Gasteiger partial charge is 0.318 e. The highest BCUT2D eigenvalue weighted by atomic mass is 35.5. The molecule has 4 heterocycles. The van der Waals surface area contributed by atoms with Gasteiger partial charge in [-0.05, 0) is 48.5 Å². The molecular weight excluding hydrogens is 652 g/mol. The molecule has 0 aliphatic carbocycles. The number of alkyl halides is 1. The minimum atomic E-state index is -1.05. The largest absolute Gasteiger partial charge is 0.480 e. The number of aromatic nitrogens is 4. The number of nitrogens with zero attached hydrogens (tertiary/aromatic N) is 7. The fraction of sp³-hybridized carbons (Fsp3) is 0.324. The van der Waals surface area contributed by atoms with Gasteiger partial charge >= 0.3 is 17.9 Å². The van der Waals surface area contributed by atoms with Gasteiger partial charge in [-0.15, -0.1) is 11.6 Å². The number of carboxylic acid groups (broad SMARTS) is 3. The van der Waals surface area contributed by atoms with Crippen LogP contribution in [0.5, 0.6) is 0 Å². The number of carboxylic acids is 3. The summed E-state index contributed by atoms with van der Waals surface area (Å²) in [5.74, 6) is -3.38. The van der Waals surface area contributed by atoms with Crippen molar-refractivity contribution in [1.82, 2.24) is 34.6 Å². The van der Waals surface area contributed by atoms with E-state index in [9.17, 15) is 14.4 Å². The minimum absolute atomic E-state index is 0.306. The molecule has 4 rings (SSSR count). The standard InChI is InChI=1S/C18H22N4O4.C14H18N4.C2H3ClO2/c23-17(24)13-22(14-18(25)26)10-9-21(11-15-5-1-3-7-19-15)12-16-6-2-4-8-20-16;15-7-10-18(11-13-5-1-3-8-16-13)12-14-6-2-4-9-17-14;3-1-2(4)5/h1-8H,9-14H2,(H,23,24)(H,25,26);1-6,8-9H,7,10-12,15H2;1H2,(H,4,5). The van der Waals surface area contributed by atoms with Gasteiger partial charge in [-0.1, -0.05) is 24.3 Å². The Morgan fingerprint density at radius 2 is 0.837 bits per heavy atom. The van der Waals surface area contributed by atoms with Crippen LogP contribution in [0.3, 0.4) is 0 Å². The van der Waals surface area contributed by atoms with Gasteiger partial charge < -0.3 is 21.1 Å². The summed E-state index contributed by atoms with van der Waals surface area (Å²) in [5, 5.41) is 25.5. The number of rotatable bonds is 18. The number of aliphatic carboxylic acids is 3. The molecular formula is C34H43ClN8O6. The summed E-state index contributed by atoms with van der Waals surface area (Å²) < 4.78 is 0. The highest BCUT2D eigenvalue weighted by Gasteiger charge is 2.16. The van der Waals surface area contributed by atoms with Gasteiger partial charge in [0.05, 0.1) is 35.9 Å². The molecule has 0 saturated carbocycles. The number of halogens is 1. The Hall–Kier alpha value is -4.86. The molecule has 0 radical (unpaired) electrons. The average Bonchev–Trinajstić information content (AvgIpc) is 3.09. The van der Waals surface area contributed by atoms with Crippen LogP contribution in [0.4, 0.5) is 0 Å². The van der Waals surface area contributed by atoms with Gasteiger partial charge in [0, 0.05) is 77.1 Å². The van der Waals surface area contributed by atoms with Crippen LogP contribution in [0.15, 0.2) is 97.6 Å². The van der Waals surface area contributed by atoms with Gasteiger partial charge in [0.2, 0.25) is 0 Å². The van der Waals surface area contributed by atoms with E-state index in [0.717, 1.165) is 42.4 Å². The molecule has 0 bridgehead atoms. The van der Waals surface area contributed by atoms with E-state index in [4.69, 9.17) is 32.7 Å². The summed E-state index contributed by atoms with van der Waals surface area (Å²) in [6, 6.07) is 23.2. The quantitative estimate of drug-likeness (QED) is 0.111. The lowest BCUT2D eigenvalue weighted by molar-refractivity contribution is -0.142. The molecule has 262 valence electrons. The molecule has 4 aromatic heterocycles. The van der Waals surface area contributed by atoms with E-state index in [0.29, 0.717) is 32.7 Å². The number of hydrogen-bond donors (Lipinski definition) is 4. The van der Waals surface area contributed by atoms with Crippen LogP contribution in [-0.4, -0.2) is 113 Å². The summed E-state index contributed by atoms with van der Waals surface area (Å²) in [6.45, 7) is 4.39. The van der Waals surface area contributed by atoms with Crippen molar-refractivity contribution in [2.24, 2.45) is 5.73 Å². The lowest BCUT2D eigenvalue weighted by Crippen LogP contribution is -2.40. The number of hydrogen-bond acceptors (Lipinski definition) is 11. The van der Waals surface area contributed by atoms with Crippen molar-refractivity contribution >= 4 is 29.5 Å². The fourth-order valence-corrected chi connectivity index (χ4v) is 4.37. The Kier molecular flexibility index (Phi) is 20.0. The van der Waals surface area contributed by atoms with Crippen molar-refractivity contribution in [3.8, 4) is 0 Å². The first-order valence-corrected chi connectivity index (χ1v) is 15.9. The van der Waals surface area contributed by atoms with Gasteiger partial charge in [0.1, 0.15) is 5.88 Å². The number of pyridine rings is 4. The topological polar surface area (TPSA) is 199 Å². The summed E-state index contributed by atoms with van der Waals surface area (Å²) in [4.78, 5) is 54.2. The molecule has 0 fully saturated rings. The van der Waals surface area contributed by atoms with Crippen molar-refractivity contribution in [2.45, 2.75) is 26.2 Å². The normalized spacial score (nSPS) is 10.6. The number of nitrogens with two attached hydrogens (primary N) is 1. The number of carbonyl (C=O) groups is 3. The Balaban J connectivity index is 0.000000313. The fourth-order valence-electron chi connectivity index (χ4n) is 4.37. The van der Waals surface area contributed by atoms with Gasteiger partial charge in [-0.2, -0.15) is 0 Å². The minimum Gasteiger partial charge on any atom is -0.480 e. The Labute approximate surface area is 290 Å². The molecule has 0 aliphatic heterocycles. The Morgan fingerprint density at radius 3 is 1.08 bits per heavy atom. The molecule has 0 aliphatic rings. The van der Waals surface area contributed by atoms with Crippen molar-refractivity contribution in [3.63, 3.8) is 0 Å². The van der Waals surface area contributed by atoms with Crippen LogP contribution in [0.25, 0.3) is 0 Å². The van der Waals surface area contributed by atoms with Gasteiger partial charge in [0.15, 0.2) is 0 Å². The maximum absolute atomic E-state index is 10.9. The first-order valence-electron chi connectivity index (χ1n) is 15.4. The Morgan fingerprint density at radius 1 is 0.531 bits per heavy atom. The summed E-state index contributed by atoms with van der Waals surface area (Å²) in [6.07, 6.45) is 7.07. The van der Waals surface area contributed by atoms with E-state index in [-0.39, 0.29) is 19.0 Å². The third-order valence-electron chi connectivity index (χ3n) is 6.46. The first-order chi connectivity index (χ1) is 23.7. The van der Waals surface area contributed by atoms with Crippen LogP contribution in [-0.2, 0) is 40.6 Å². The van der Waals surface area contributed by atoms with Crippen LogP contribution in [0, 0.1) is 0 Å². The van der Waals surface area contributed by atoms with E-state index < -0.39 is 17.9 Å². The molecule has 49 heavy (non-hydrogen) atoms. The molecule has 0 amide bonds. The maximum atomic E-state index is 10.9. The molecule has 5 N–H and O–H groups in total. The van der Waals surface area contributed by atoms with Crippen molar-refractivity contribution in [3.05, 3.63) is 120 Å². The van der Waals surface area contributed by atoms with Crippen LogP contribution >= 0.6 is 11.6 Å². The predicted octanol–water partition coefficient (Wildman–Crippen LogP) is 2.70. The molecule has 15 heteroatoms. The zero-order valence-corrected chi connectivity index (χ0v) is 27.9. The average molecular weight is 695 g/mol.